The molecule has 0 saturated heterocycles. The Morgan fingerprint density at radius 2 is 1.56 bits per heavy atom. The van der Waals surface area contributed by atoms with E-state index in [1.165, 1.54) is 5.57 Å². The van der Waals surface area contributed by atoms with Crippen LogP contribution in [0.25, 0.3) is 5.57 Å². The molecule has 2 aromatic carbocycles. The third-order valence-corrected chi connectivity index (χ3v) is 5.63. The molecule has 0 N–H and O–H groups in total. The van der Waals surface area contributed by atoms with E-state index in [0.29, 0.717) is 29.8 Å². The molecular weight excluding hydrogens is 438 g/mol. The quantitative estimate of drug-likeness (QED) is 0.439. The highest BCUT2D eigenvalue weighted by Gasteiger charge is 2.22. The standard InChI is InChI=1S/C25H29N3O6/c1-29-18-5-7-19(8-6-18)33-16-23-26-24(34-27-23)15-28-11-9-17(10-12-28)25-21(31-3)13-20(30-2)14-22(25)32-4/h5-9,13-14H,10-12,15-16H2,1-4H3. The average molecular weight is 468 g/mol. The number of nitrogens with zero attached hydrogens (tertiary/aromatic N) is 3. The first-order valence-electron chi connectivity index (χ1n) is 10.9. The first-order chi connectivity index (χ1) is 16.6. The first kappa shape index (κ1) is 23.4. The molecule has 4 rings (SSSR count). The molecular formula is C25H29N3O6. The molecule has 0 radical (unpaired) electrons. The fraction of sp³-hybridized carbons (Fsp3) is 0.360. The number of hydrogen-bond acceptors (Lipinski definition) is 9. The van der Waals surface area contributed by atoms with Crippen molar-refractivity contribution in [1.29, 1.82) is 0 Å². The van der Waals surface area contributed by atoms with Crippen molar-refractivity contribution in [2.24, 2.45) is 0 Å². The largest absolute Gasteiger partial charge is 0.497 e. The summed E-state index contributed by atoms with van der Waals surface area (Å²) in [6.07, 6.45) is 3.01. The van der Waals surface area contributed by atoms with Gasteiger partial charge in [-0.1, -0.05) is 11.2 Å². The Labute approximate surface area is 198 Å². The van der Waals surface area contributed by atoms with Crippen LogP contribution >= 0.6 is 0 Å². The molecule has 0 bridgehead atoms. The third kappa shape index (κ3) is 5.43. The molecule has 1 aromatic heterocycles. The van der Waals surface area contributed by atoms with Crippen molar-refractivity contribution in [1.82, 2.24) is 15.0 Å². The predicted molar refractivity (Wildman–Crippen MR) is 126 cm³/mol. The van der Waals surface area contributed by atoms with Crippen LogP contribution in [0.2, 0.25) is 0 Å². The third-order valence-electron chi connectivity index (χ3n) is 5.63. The fourth-order valence-corrected chi connectivity index (χ4v) is 3.83. The molecule has 0 amide bonds. The van der Waals surface area contributed by atoms with Crippen molar-refractivity contribution in [2.75, 3.05) is 41.5 Å². The second-order valence-electron chi connectivity index (χ2n) is 7.69. The van der Waals surface area contributed by atoms with Gasteiger partial charge in [-0.15, -0.1) is 0 Å². The van der Waals surface area contributed by atoms with Gasteiger partial charge in [-0.05, 0) is 36.3 Å². The van der Waals surface area contributed by atoms with Crippen molar-refractivity contribution in [3.63, 3.8) is 0 Å². The molecule has 0 spiro atoms. The highest BCUT2D eigenvalue weighted by atomic mass is 16.5. The van der Waals surface area contributed by atoms with Crippen molar-refractivity contribution in [3.8, 4) is 28.7 Å². The highest BCUT2D eigenvalue weighted by Crippen LogP contribution is 2.40. The van der Waals surface area contributed by atoms with Gasteiger partial charge in [-0.3, -0.25) is 4.90 Å². The minimum absolute atomic E-state index is 0.233. The van der Waals surface area contributed by atoms with Crippen LogP contribution in [0.3, 0.4) is 0 Å². The van der Waals surface area contributed by atoms with Gasteiger partial charge < -0.3 is 28.2 Å². The van der Waals surface area contributed by atoms with E-state index in [2.05, 4.69) is 21.1 Å². The summed E-state index contributed by atoms with van der Waals surface area (Å²) in [5.74, 6) is 4.71. The van der Waals surface area contributed by atoms with Crippen LogP contribution in [-0.2, 0) is 13.2 Å². The Balaban J connectivity index is 1.36. The van der Waals surface area contributed by atoms with E-state index in [4.69, 9.17) is 28.2 Å². The van der Waals surface area contributed by atoms with E-state index in [1.54, 1.807) is 28.4 Å². The summed E-state index contributed by atoms with van der Waals surface area (Å²) in [6.45, 7) is 2.38. The monoisotopic (exact) mass is 467 g/mol. The summed E-state index contributed by atoms with van der Waals surface area (Å²) in [5.41, 5.74) is 2.13. The number of aromatic nitrogens is 2. The molecule has 9 nitrogen and oxygen atoms in total. The zero-order valence-corrected chi connectivity index (χ0v) is 19.9. The first-order valence-corrected chi connectivity index (χ1v) is 10.9. The molecule has 0 unspecified atom stereocenters. The van der Waals surface area contributed by atoms with Crippen LogP contribution < -0.4 is 23.7 Å². The van der Waals surface area contributed by atoms with Gasteiger partial charge in [0.25, 0.3) is 0 Å². The van der Waals surface area contributed by atoms with Gasteiger partial charge in [0.15, 0.2) is 6.61 Å². The van der Waals surface area contributed by atoms with E-state index >= 15 is 0 Å². The molecule has 0 atom stereocenters. The molecule has 2 heterocycles. The molecule has 34 heavy (non-hydrogen) atoms. The summed E-state index contributed by atoms with van der Waals surface area (Å²) < 4.78 is 32.9. The number of benzene rings is 2. The Bertz CT molecular complexity index is 1100. The predicted octanol–water partition coefficient (Wildman–Crippen LogP) is 3.97. The van der Waals surface area contributed by atoms with E-state index < -0.39 is 0 Å². The van der Waals surface area contributed by atoms with Crippen LogP contribution in [0.1, 0.15) is 23.7 Å². The maximum absolute atomic E-state index is 5.72. The number of hydrogen-bond donors (Lipinski definition) is 0. The Morgan fingerprint density at radius 1 is 0.882 bits per heavy atom. The van der Waals surface area contributed by atoms with Gasteiger partial charge in [0.05, 0.1) is 40.5 Å². The minimum Gasteiger partial charge on any atom is -0.497 e. The van der Waals surface area contributed by atoms with Gasteiger partial charge in [0.2, 0.25) is 11.7 Å². The highest BCUT2D eigenvalue weighted by molar-refractivity contribution is 5.77. The van der Waals surface area contributed by atoms with E-state index in [1.807, 2.05) is 36.4 Å². The minimum atomic E-state index is 0.233. The summed E-state index contributed by atoms with van der Waals surface area (Å²) in [7, 11) is 6.56. The molecule has 180 valence electrons. The molecule has 3 aromatic rings. The molecule has 1 aliphatic heterocycles. The lowest BCUT2D eigenvalue weighted by atomic mass is 9.97. The van der Waals surface area contributed by atoms with Crippen molar-refractivity contribution >= 4 is 5.57 Å². The van der Waals surface area contributed by atoms with Gasteiger partial charge in [-0.2, -0.15) is 4.98 Å². The van der Waals surface area contributed by atoms with Crippen LogP contribution in [0.5, 0.6) is 28.7 Å². The summed E-state index contributed by atoms with van der Waals surface area (Å²) >= 11 is 0. The smallest absolute Gasteiger partial charge is 0.240 e. The number of methoxy groups -OCH3 is 4. The molecule has 9 heteroatoms. The molecule has 0 aliphatic carbocycles. The Morgan fingerprint density at radius 3 is 2.15 bits per heavy atom. The van der Waals surface area contributed by atoms with E-state index in [9.17, 15) is 0 Å². The summed E-state index contributed by atoms with van der Waals surface area (Å²) in [5, 5.41) is 4.03. The zero-order chi connectivity index (χ0) is 23.9. The number of ether oxygens (including phenoxy) is 5. The maximum atomic E-state index is 5.72. The zero-order valence-electron chi connectivity index (χ0n) is 19.9. The van der Waals surface area contributed by atoms with Gasteiger partial charge in [0.1, 0.15) is 28.7 Å². The van der Waals surface area contributed by atoms with Crippen LogP contribution in [-0.4, -0.2) is 56.6 Å². The van der Waals surface area contributed by atoms with Gasteiger partial charge >= 0.3 is 0 Å². The van der Waals surface area contributed by atoms with Crippen molar-refractivity contribution in [2.45, 2.75) is 19.6 Å². The normalized spacial score (nSPS) is 13.8. The van der Waals surface area contributed by atoms with Crippen LogP contribution in [0.4, 0.5) is 0 Å². The molecule has 1 aliphatic rings. The summed E-state index contributed by atoms with van der Waals surface area (Å²) in [6, 6.07) is 11.1. The lowest BCUT2D eigenvalue weighted by Gasteiger charge is -2.26. The number of rotatable bonds is 10. The fourth-order valence-electron chi connectivity index (χ4n) is 3.83. The van der Waals surface area contributed by atoms with Crippen LogP contribution in [0, 0.1) is 0 Å². The second-order valence-corrected chi connectivity index (χ2v) is 7.69. The Kier molecular flexibility index (Phi) is 7.54. The molecule has 0 saturated carbocycles. The van der Waals surface area contributed by atoms with Crippen LogP contribution in [0.15, 0.2) is 47.0 Å². The lowest BCUT2D eigenvalue weighted by molar-refractivity contribution is 0.243. The lowest BCUT2D eigenvalue weighted by Crippen LogP contribution is -2.28. The van der Waals surface area contributed by atoms with E-state index in [-0.39, 0.29) is 6.61 Å². The summed E-state index contributed by atoms with van der Waals surface area (Å²) in [4.78, 5) is 6.70. The van der Waals surface area contributed by atoms with Gasteiger partial charge in [0, 0.05) is 25.2 Å². The SMILES string of the molecule is COc1ccc(OCc2noc(CN3CC=C(c4c(OC)cc(OC)cc4OC)CC3)n2)cc1. The van der Waals surface area contributed by atoms with E-state index in [0.717, 1.165) is 42.3 Å². The maximum Gasteiger partial charge on any atom is 0.240 e. The topological polar surface area (TPSA) is 88.3 Å². The van der Waals surface area contributed by atoms with Crippen molar-refractivity contribution < 1.29 is 28.2 Å². The molecule has 0 fully saturated rings. The average Bonchev–Trinajstić information content (AvgIpc) is 3.34. The Hall–Kier alpha value is -3.72. The second kappa shape index (κ2) is 10.9. The van der Waals surface area contributed by atoms with Crippen molar-refractivity contribution in [3.05, 3.63) is 59.8 Å². The van der Waals surface area contributed by atoms with Gasteiger partial charge in [-0.25, -0.2) is 0 Å².